The zero-order chi connectivity index (χ0) is 26.7. The van der Waals surface area contributed by atoms with Gasteiger partial charge in [-0.1, -0.05) is 11.6 Å². The Bertz CT molecular complexity index is 977. The van der Waals surface area contributed by atoms with Crippen molar-refractivity contribution in [3.05, 3.63) is 34.9 Å². The molecule has 37 heavy (non-hydrogen) atoms. The fourth-order valence-corrected chi connectivity index (χ4v) is 5.46. The Morgan fingerprint density at radius 2 is 1.92 bits per heavy atom. The van der Waals surface area contributed by atoms with E-state index in [2.05, 4.69) is 4.90 Å². The lowest BCUT2D eigenvalue weighted by atomic mass is 9.99. The standard InChI is InChI=1S/C27H39NO9/c1-15(2)6-7-16-11-18(26(33)35-14-17-8-10-28-9-4-5-19(17)28)12-20(34-3)25(16)37-27-24(32)23(31)22(30)21(13-29)36-27/h6,11-12,17,19,21-24,27,29-32H,4-5,7-10,13-14H2,1-3H3/t17-,19-,21-,22-,23+,24-,27+/m1/s1. The van der Waals surface area contributed by atoms with E-state index < -0.39 is 43.3 Å². The molecule has 4 rings (SSSR count). The van der Waals surface area contributed by atoms with Crippen LogP contribution in [0, 0.1) is 5.92 Å². The second-order valence-electron chi connectivity index (χ2n) is 10.4. The van der Waals surface area contributed by atoms with E-state index in [1.54, 1.807) is 6.07 Å². The van der Waals surface area contributed by atoms with Gasteiger partial charge < -0.3 is 39.4 Å². The number of aliphatic hydroxyl groups is 4. The summed E-state index contributed by atoms with van der Waals surface area (Å²) in [4.78, 5) is 15.5. The molecule has 0 saturated carbocycles. The molecule has 206 valence electrons. The maximum Gasteiger partial charge on any atom is 0.338 e. The number of hydrogen-bond donors (Lipinski definition) is 4. The Morgan fingerprint density at radius 3 is 2.62 bits per heavy atom. The van der Waals surface area contributed by atoms with Gasteiger partial charge in [0.05, 0.1) is 25.9 Å². The van der Waals surface area contributed by atoms with E-state index in [1.807, 2.05) is 19.9 Å². The first kappa shape index (κ1) is 27.8. The molecule has 0 unspecified atom stereocenters. The van der Waals surface area contributed by atoms with Crippen LogP contribution in [0.3, 0.4) is 0 Å². The quantitative estimate of drug-likeness (QED) is 0.275. The van der Waals surface area contributed by atoms with Crippen molar-refractivity contribution in [2.24, 2.45) is 5.92 Å². The second kappa shape index (κ2) is 12.1. The molecule has 10 heteroatoms. The van der Waals surface area contributed by atoms with Gasteiger partial charge in [-0.2, -0.15) is 0 Å². The molecule has 0 amide bonds. The van der Waals surface area contributed by atoms with Gasteiger partial charge in [-0.05, 0) is 64.8 Å². The van der Waals surface area contributed by atoms with Gasteiger partial charge in [-0.25, -0.2) is 4.79 Å². The zero-order valence-corrected chi connectivity index (χ0v) is 21.7. The molecule has 4 N–H and O–H groups in total. The Morgan fingerprint density at radius 1 is 1.14 bits per heavy atom. The van der Waals surface area contributed by atoms with Crippen molar-refractivity contribution in [2.45, 2.75) is 76.3 Å². The molecule has 0 spiro atoms. The Labute approximate surface area is 217 Å². The first-order valence-corrected chi connectivity index (χ1v) is 13.0. The number of ether oxygens (including phenoxy) is 4. The van der Waals surface area contributed by atoms with Crippen LogP contribution in [0.25, 0.3) is 0 Å². The molecule has 7 atom stereocenters. The van der Waals surface area contributed by atoms with Crippen LogP contribution in [-0.4, -0.2) is 101 Å². The molecule has 3 aliphatic rings. The highest BCUT2D eigenvalue weighted by atomic mass is 16.7. The molecule has 0 aromatic heterocycles. The molecule has 0 bridgehead atoms. The van der Waals surface area contributed by atoms with Gasteiger partial charge in [0.15, 0.2) is 11.5 Å². The van der Waals surface area contributed by atoms with E-state index >= 15 is 0 Å². The molecular weight excluding hydrogens is 482 g/mol. The smallest absolute Gasteiger partial charge is 0.338 e. The maximum atomic E-state index is 13.1. The van der Waals surface area contributed by atoms with E-state index in [1.165, 1.54) is 19.6 Å². The lowest BCUT2D eigenvalue weighted by Gasteiger charge is -2.39. The number of methoxy groups -OCH3 is 1. The van der Waals surface area contributed by atoms with Crippen molar-refractivity contribution in [3.63, 3.8) is 0 Å². The largest absolute Gasteiger partial charge is 0.493 e. The molecule has 1 aromatic rings. The van der Waals surface area contributed by atoms with E-state index in [0.29, 0.717) is 36.1 Å². The predicted octanol–water partition coefficient (Wildman–Crippen LogP) is 1.02. The molecule has 3 saturated heterocycles. The number of nitrogens with zero attached hydrogens (tertiary/aromatic N) is 1. The second-order valence-corrected chi connectivity index (χ2v) is 10.4. The minimum Gasteiger partial charge on any atom is -0.493 e. The van der Waals surface area contributed by atoms with Crippen LogP contribution in [0.2, 0.25) is 0 Å². The Hall–Kier alpha value is -2.21. The van der Waals surface area contributed by atoms with Crippen molar-refractivity contribution >= 4 is 5.97 Å². The number of carbonyl (C=O) groups excluding carboxylic acids is 1. The average molecular weight is 522 g/mol. The van der Waals surface area contributed by atoms with E-state index in [0.717, 1.165) is 31.5 Å². The number of fused-ring (bicyclic) bond motifs is 1. The lowest BCUT2D eigenvalue weighted by Crippen LogP contribution is -2.60. The Balaban J connectivity index is 1.56. The topological polar surface area (TPSA) is 138 Å². The van der Waals surface area contributed by atoms with Crippen LogP contribution in [-0.2, 0) is 15.9 Å². The maximum absolute atomic E-state index is 13.1. The minimum absolute atomic E-state index is 0.221. The van der Waals surface area contributed by atoms with Crippen LogP contribution < -0.4 is 9.47 Å². The minimum atomic E-state index is -1.58. The third-order valence-electron chi connectivity index (χ3n) is 7.57. The molecule has 3 heterocycles. The highest BCUT2D eigenvalue weighted by molar-refractivity contribution is 5.90. The number of carbonyl (C=O) groups is 1. The van der Waals surface area contributed by atoms with Gasteiger partial charge in [-0.15, -0.1) is 0 Å². The number of benzene rings is 1. The van der Waals surface area contributed by atoms with Gasteiger partial charge in [-0.3, -0.25) is 4.90 Å². The van der Waals surface area contributed by atoms with Crippen molar-refractivity contribution in [2.75, 3.05) is 33.4 Å². The summed E-state index contributed by atoms with van der Waals surface area (Å²) in [5.41, 5.74) is 1.96. The van der Waals surface area contributed by atoms with E-state index in [-0.39, 0.29) is 11.5 Å². The van der Waals surface area contributed by atoms with Gasteiger partial charge in [0.25, 0.3) is 0 Å². The fraction of sp³-hybridized carbons (Fsp3) is 0.667. The van der Waals surface area contributed by atoms with Crippen LogP contribution >= 0.6 is 0 Å². The van der Waals surface area contributed by atoms with Gasteiger partial charge in [0.1, 0.15) is 24.4 Å². The first-order valence-electron chi connectivity index (χ1n) is 13.0. The van der Waals surface area contributed by atoms with Crippen molar-refractivity contribution in [3.8, 4) is 11.5 Å². The first-order chi connectivity index (χ1) is 17.7. The molecule has 0 radical (unpaired) electrons. The third-order valence-corrected chi connectivity index (χ3v) is 7.57. The van der Waals surface area contributed by atoms with E-state index in [9.17, 15) is 25.2 Å². The van der Waals surface area contributed by atoms with E-state index in [4.69, 9.17) is 18.9 Å². The molecular formula is C27H39NO9. The molecule has 1 aromatic carbocycles. The van der Waals surface area contributed by atoms with Gasteiger partial charge in [0.2, 0.25) is 6.29 Å². The summed E-state index contributed by atoms with van der Waals surface area (Å²) in [6, 6.07) is 3.68. The van der Waals surface area contributed by atoms with Crippen molar-refractivity contribution in [1.82, 2.24) is 4.90 Å². The average Bonchev–Trinajstić information content (AvgIpc) is 3.51. The fourth-order valence-electron chi connectivity index (χ4n) is 5.46. The van der Waals surface area contributed by atoms with Crippen LogP contribution in [0.1, 0.15) is 49.0 Å². The Kier molecular flexibility index (Phi) is 9.10. The summed E-state index contributed by atoms with van der Waals surface area (Å²) in [7, 11) is 1.43. The number of rotatable bonds is 9. The zero-order valence-electron chi connectivity index (χ0n) is 21.7. The molecule has 3 fully saturated rings. The summed E-state index contributed by atoms with van der Waals surface area (Å²) in [5, 5.41) is 40.2. The highest BCUT2D eigenvalue weighted by Gasteiger charge is 2.45. The third kappa shape index (κ3) is 6.10. The van der Waals surface area contributed by atoms with Crippen LogP contribution in [0.4, 0.5) is 0 Å². The lowest BCUT2D eigenvalue weighted by molar-refractivity contribution is -0.277. The summed E-state index contributed by atoms with van der Waals surface area (Å²) in [6.07, 6.45) is -1.44. The normalized spacial score (nSPS) is 31.6. The summed E-state index contributed by atoms with van der Waals surface area (Å²) >= 11 is 0. The van der Waals surface area contributed by atoms with Crippen LogP contribution in [0.15, 0.2) is 23.8 Å². The molecule has 3 aliphatic heterocycles. The summed E-state index contributed by atoms with van der Waals surface area (Å²) in [6.45, 7) is 5.86. The highest BCUT2D eigenvalue weighted by Crippen LogP contribution is 2.37. The van der Waals surface area contributed by atoms with Gasteiger partial charge >= 0.3 is 5.97 Å². The summed E-state index contributed by atoms with van der Waals surface area (Å²) < 4.78 is 22.8. The number of hydrogen-bond acceptors (Lipinski definition) is 10. The van der Waals surface area contributed by atoms with Crippen molar-refractivity contribution in [1.29, 1.82) is 0 Å². The molecule has 10 nitrogen and oxygen atoms in total. The molecule has 0 aliphatic carbocycles. The monoisotopic (exact) mass is 521 g/mol. The summed E-state index contributed by atoms with van der Waals surface area (Å²) in [5.74, 6) is 0.338. The van der Waals surface area contributed by atoms with Gasteiger partial charge in [0, 0.05) is 17.5 Å². The predicted molar refractivity (Wildman–Crippen MR) is 134 cm³/mol. The van der Waals surface area contributed by atoms with Crippen molar-refractivity contribution < 1.29 is 44.2 Å². The number of aliphatic hydroxyl groups excluding tert-OH is 4. The number of esters is 1. The van der Waals surface area contributed by atoms with Crippen LogP contribution in [0.5, 0.6) is 11.5 Å². The number of allylic oxidation sites excluding steroid dienone is 2. The SMILES string of the molecule is COc1cc(C(=O)OC[C@H]2CCN3CCC[C@H]23)cc(CC=C(C)C)c1O[C@@H]1O[C@H](CO)[C@@H](O)[C@H](O)[C@H]1O.